The third kappa shape index (κ3) is 4.13. The normalized spacial score (nSPS) is 14.8. The molecule has 1 aliphatic rings. The van der Waals surface area contributed by atoms with Crippen molar-refractivity contribution in [1.29, 1.82) is 0 Å². The van der Waals surface area contributed by atoms with Crippen LogP contribution in [0.3, 0.4) is 0 Å². The maximum Gasteiger partial charge on any atom is 0.279 e. The molecule has 2 aromatic carbocycles. The second kappa shape index (κ2) is 8.37. The molecule has 28 heavy (non-hydrogen) atoms. The highest BCUT2D eigenvalue weighted by molar-refractivity contribution is 6.33. The number of nitrogens with zero attached hydrogens (tertiary/aromatic N) is 5. The van der Waals surface area contributed by atoms with Crippen molar-refractivity contribution in [1.82, 2.24) is 20.2 Å². The van der Waals surface area contributed by atoms with Crippen LogP contribution >= 0.6 is 11.6 Å². The van der Waals surface area contributed by atoms with Gasteiger partial charge in [0.25, 0.3) is 11.9 Å². The van der Waals surface area contributed by atoms with Crippen LogP contribution in [0.15, 0.2) is 54.6 Å². The fourth-order valence-corrected chi connectivity index (χ4v) is 3.48. The Labute approximate surface area is 167 Å². The van der Waals surface area contributed by atoms with E-state index in [0.717, 1.165) is 37.8 Å². The van der Waals surface area contributed by atoms with Gasteiger partial charge in [-0.3, -0.25) is 4.79 Å². The van der Waals surface area contributed by atoms with E-state index in [-0.39, 0.29) is 5.91 Å². The molecule has 2 heterocycles. The van der Waals surface area contributed by atoms with E-state index in [1.165, 1.54) is 4.90 Å². The number of carbonyl (C=O) groups excluding carboxylic acids is 1. The van der Waals surface area contributed by atoms with Crippen molar-refractivity contribution in [3.63, 3.8) is 0 Å². The highest BCUT2D eigenvalue weighted by Gasteiger charge is 2.26. The Bertz CT molecular complexity index is 938. The summed E-state index contributed by atoms with van der Waals surface area (Å²) < 4.78 is 1.75. The monoisotopic (exact) mass is 398 g/mol. The van der Waals surface area contributed by atoms with Crippen molar-refractivity contribution in [2.24, 2.45) is 0 Å². The zero-order valence-electron chi connectivity index (χ0n) is 15.3. The smallest absolute Gasteiger partial charge is 0.279 e. The molecule has 2 N–H and O–H groups in total. The van der Waals surface area contributed by atoms with Gasteiger partial charge in [-0.25, -0.2) is 0 Å². The van der Waals surface area contributed by atoms with E-state index in [1.807, 2.05) is 42.5 Å². The van der Waals surface area contributed by atoms with E-state index in [4.69, 9.17) is 11.6 Å². The third-order valence-corrected chi connectivity index (χ3v) is 5.10. The number of rotatable bonds is 5. The van der Waals surface area contributed by atoms with E-state index in [9.17, 15) is 4.79 Å². The summed E-state index contributed by atoms with van der Waals surface area (Å²) in [6.45, 7) is 3.63. The van der Waals surface area contributed by atoms with Crippen LogP contribution in [0.4, 0.5) is 11.6 Å². The lowest BCUT2D eigenvalue weighted by Crippen LogP contribution is -3.15. The number of aromatic nitrogens is 4. The van der Waals surface area contributed by atoms with E-state index in [1.54, 1.807) is 16.8 Å². The Kier molecular flexibility index (Phi) is 5.50. The number of carbonyl (C=O) groups is 1. The largest absolute Gasteiger partial charge is 0.328 e. The van der Waals surface area contributed by atoms with Crippen molar-refractivity contribution < 1.29 is 9.69 Å². The van der Waals surface area contributed by atoms with Crippen molar-refractivity contribution in [2.75, 3.05) is 42.9 Å². The molecule has 9 heteroatoms. The lowest BCUT2D eigenvalue weighted by molar-refractivity contribution is -0.892. The van der Waals surface area contributed by atoms with Gasteiger partial charge in [-0.05, 0) is 34.7 Å². The minimum atomic E-state index is -0.0364. The zero-order valence-corrected chi connectivity index (χ0v) is 16.0. The van der Waals surface area contributed by atoms with Gasteiger partial charge in [0.15, 0.2) is 6.54 Å². The fraction of sp³-hybridized carbons (Fsp3) is 0.263. The minimum absolute atomic E-state index is 0.0364. The summed E-state index contributed by atoms with van der Waals surface area (Å²) in [5.41, 5.74) is 1.57. The average molecular weight is 399 g/mol. The molecule has 1 aromatic heterocycles. The quantitative estimate of drug-likeness (QED) is 0.660. The van der Waals surface area contributed by atoms with Gasteiger partial charge in [0.05, 0.1) is 42.6 Å². The Morgan fingerprint density at radius 2 is 1.79 bits per heavy atom. The molecule has 1 saturated heterocycles. The minimum Gasteiger partial charge on any atom is -0.328 e. The maximum absolute atomic E-state index is 12.3. The predicted octanol–water partition coefficient (Wildman–Crippen LogP) is 0.659. The van der Waals surface area contributed by atoms with Gasteiger partial charge < -0.3 is 15.1 Å². The molecule has 3 aromatic rings. The van der Waals surface area contributed by atoms with E-state index >= 15 is 0 Å². The summed E-state index contributed by atoms with van der Waals surface area (Å²) in [4.78, 5) is 15.7. The molecule has 0 bridgehead atoms. The molecule has 1 aliphatic heterocycles. The number of para-hydroxylation sites is 2. The number of halogens is 1. The molecule has 0 aliphatic carbocycles. The Morgan fingerprint density at radius 1 is 1.07 bits per heavy atom. The number of quaternary nitrogens is 1. The van der Waals surface area contributed by atoms with Gasteiger partial charge in [0.2, 0.25) is 0 Å². The summed E-state index contributed by atoms with van der Waals surface area (Å²) in [7, 11) is 0. The fourth-order valence-electron chi connectivity index (χ4n) is 3.30. The molecule has 0 unspecified atom stereocenters. The van der Waals surface area contributed by atoms with Crippen LogP contribution in [0, 0.1) is 0 Å². The van der Waals surface area contributed by atoms with Crippen LogP contribution in [-0.4, -0.2) is 58.8 Å². The Morgan fingerprint density at radius 3 is 2.54 bits per heavy atom. The predicted molar refractivity (Wildman–Crippen MR) is 107 cm³/mol. The molecule has 1 amide bonds. The number of hydrogen-bond donors (Lipinski definition) is 2. The molecule has 0 radical (unpaired) electrons. The first-order chi connectivity index (χ1) is 13.7. The standard InChI is InChI=1S/C19H20ClN7O/c20-16-8-4-5-9-17(16)21-18(28)14-25-10-12-26(13-11-25)19-22-23-24-27(19)15-6-2-1-3-7-15/h1-9H,10-14H2,(H,21,28)/p+1. The van der Waals surface area contributed by atoms with Gasteiger partial charge in [-0.1, -0.05) is 47.0 Å². The lowest BCUT2D eigenvalue weighted by atomic mass is 10.3. The second-order valence-electron chi connectivity index (χ2n) is 6.67. The first-order valence-electron chi connectivity index (χ1n) is 9.17. The summed E-state index contributed by atoms with van der Waals surface area (Å²) >= 11 is 6.10. The molecule has 0 spiro atoms. The molecule has 0 atom stereocenters. The second-order valence-corrected chi connectivity index (χ2v) is 7.08. The van der Waals surface area contributed by atoms with Crippen molar-refractivity contribution >= 4 is 29.1 Å². The molecular formula is C19H21ClN7O+. The van der Waals surface area contributed by atoms with Gasteiger partial charge in [0.1, 0.15) is 0 Å². The molecule has 0 saturated carbocycles. The average Bonchev–Trinajstić information content (AvgIpc) is 3.21. The lowest BCUT2D eigenvalue weighted by Gasteiger charge is -2.31. The van der Waals surface area contributed by atoms with Crippen LogP contribution in [-0.2, 0) is 4.79 Å². The van der Waals surface area contributed by atoms with E-state index in [0.29, 0.717) is 17.3 Å². The van der Waals surface area contributed by atoms with Crippen LogP contribution in [0.1, 0.15) is 0 Å². The zero-order chi connectivity index (χ0) is 19.3. The SMILES string of the molecule is O=C(C[NH+]1CCN(c2nnnn2-c2ccccc2)CC1)Nc1ccccc1Cl. The van der Waals surface area contributed by atoms with Crippen molar-refractivity contribution in [2.45, 2.75) is 0 Å². The van der Waals surface area contributed by atoms with E-state index in [2.05, 4.69) is 25.7 Å². The first-order valence-corrected chi connectivity index (χ1v) is 9.55. The number of benzene rings is 2. The Balaban J connectivity index is 1.34. The Hall–Kier alpha value is -2.97. The highest BCUT2D eigenvalue weighted by Crippen LogP contribution is 2.20. The number of nitrogens with one attached hydrogen (secondary N) is 2. The van der Waals surface area contributed by atoms with Crippen LogP contribution in [0.25, 0.3) is 5.69 Å². The number of anilines is 2. The van der Waals surface area contributed by atoms with E-state index < -0.39 is 0 Å². The summed E-state index contributed by atoms with van der Waals surface area (Å²) in [5, 5.41) is 15.6. The molecule has 4 rings (SSSR count). The highest BCUT2D eigenvalue weighted by atomic mass is 35.5. The van der Waals surface area contributed by atoms with Gasteiger partial charge in [-0.2, -0.15) is 4.68 Å². The topological polar surface area (TPSA) is 80.4 Å². The van der Waals surface area contributed by atoms with Crippen molar-refractivity contribution in [3.8, 4) is 5.69 Å². The number of hydrogen-bond acceptors (Lipinski definition) is 5. The summed E-state index contributed by atoms with van der Waals surface area (Å²) in [6.07, 6.45) is 0. The number of tetrazole rings is 1. The third-order valence-electron chi connectivity index (χ3n) is 4.77. The maximum atomic E-state index is 12.3. The van der Waals surface area contributed by atoms with Gasteiger partial charge in [-0.15, -0.1) is 0 Å². The summed E-state index contributed by atoms with van der Waals surface area (Å²) in [5.74, 6) is 0.691. The molecule has 144 valence electrons. The summed E-state index contributed by atoms with van der Waals surface area (Å²) in [6, 6.07) is 17.1. The van der Waals surface area contributed by atoms with Crippen LogP contribution in [0.2, 0.25) is 5.02 Å². The molecular weight excluding hydrogens is 378 g/mol. The van der Waals surface area contributed by atoms with Crippen LogP contribution < -0.4 is 15.1 Å². The first kappa shape index (κ1) is 18.4. The number of piperazine rings is 1. The van der Waals surface area contributed by atoms with Gasteiger partial charge >= 0.3 is 0 Å². The number of amides is 1. The van der Waals surface area contributed by atoms with Crippen molar-refractivity contribution in [3.05, 3.63) is 59.6 Å². The van der Waals surface area contributed by atoms with Gasteiger partial charge in [0, 0.05) is 0 Å². The van der Waals surface area contributed by atoms with Crippen LogP contribution in [0.5, 0.6) is 0 Å². The molecule has 8 nitrogen and oxygen atoms in total. The molecule has 1 fully saturated rings.